The van der Waals surface area contributed by atoms with Crippen LogP contribution in [0.2, 0.25) is 0 Å². The Bertz CT molecular complexity index is 413. The Hall–Kier alpha value is -1.49. The zero-order valence-corrected chi connectivity index (χ0v) is 9.96. The third kappa shape index (κ3) is 2.76. The lowest BCUT2D eigenvalue weighted by Gasteiger charge is -2.16. The van der Waals surface area contributed by atoms with Gasteiger partial charge in [0.2, 0.25) is 0 Å². The summed E-state index contributed by atoms with van der Waals surface area (Å²) >= 11 is 0. The predicted molar refractivity (Wildman–Crippen MR) is 66.3 cm³/mol. The summed E-state index contributed by atoms with van der Waals surface area (Å²) in [6.07, 6.45) is 3.98. The highest BCUT2D eigenvalue weighted by Gasteiger charge is 2.23. The van der Waals surface area contributed by atoms with Gasteiger partial charge in [-0.1, -0.05) is 18.9 Å². The summed E-state index contributed by atoms with van der Waals surface area (Å²) in [6.45, 7) is 4.21. The SMILES string of the molecule is Cc1ccc(NC(C)CC2CC2)c(C#N)c1. The van der Waals surface area contributed by atoms with Crippen LogP contribution in [-0.2, 0) is 0 Å². The molecule has 0 saturated heterocycles. The minimum atomic E-state index is 0.460. The van der Waals surface area contributed by atoms with Crippen molar-refractivity contribution in [3.63, 3.8) is 0 Å². The lowest BCUT2D eigenvalue weighted by atomic mass is 10.1. The molecule has 0 bridgehead atoms. The van der Waals surface area contributed by atoms with Crippen molar-refractivity contribution in [3.8, 4) is 6.07 Å². The second kappa shape index (κ2) is 4.57. The third-order valence-corrected chi connectivity index (χ3v) is 3.08. The average Bonchev–Trinajstić information content (AvgIpc) is 3.04. The Morgan fingerprint density at radius 3 is 2.88 bits per heavy atom. The van der Waals surface area contributed by atoms with E-state index in [4.69, 9.17) is 5.26 Å². The minimum Gasteiger partial charge on any atom is -0.382 e. The molecule has 1 aliphatic rings. The fraction of sp³-hybridized carbons (Fsp3) is 0.500. The molecule has 1 fully saturated rings. The average molecular weight is 214 g/mol. The van der Waals surface area contributed by atoms with E-state index in [0.29, 0.717) is 6.04 Å². The molecule has 1 aromatic carbocycles. The highest BCUT2D eigenvalue weighted by atomic mass is 14.9. The molecule has 1 atom stereocenters. The summed E-state index contributed by atoms with van der Waals surface area (Å²) in [6, 6.07) is 8.71. The molecule has 0 heterocycles. The van der Waals surface area contributed by atoms with Crippen LogP contribution in [-0.4, -0.2) is 6.04 Å². The monoisotopic (exact) mass is 214 g/mol. The van der Waals surface area contributed by atoms with Crippen LogP contribution >= 0.6 is 0 Å². The van der Waals surface area contributed by atoms with Gasteiger partial charge in [0.05, 0.1) is 11.3 Å². The molecule has 0 radical (unpaired) electrons. The van der Waals surface area contributed by atoms with Gasteiger partial charge in [-0.25, -0.2) is 0 Å². The molecule has 1 unspecified atom stereocenters. The molecule has 2 heteroatoms. The molecular weight excluding hydrogens is 196 g/mol. The Morgan fingerprint density at radius 1 is 1.50 bits per heavy atom. The lowest BCUT2D eigenvalue weighted by Crippen LogP contribution is -2.16. The predicted octanol–water partition coefficient (Wildman–Crippen LogP) is 3.47. The number of nitrogens with one attached hydrogen (secondary N) is 1. The molecule has 0 amide bonds. The fourth-order valence-corrected chi connectivity index (χ4v) is 2.05. The normalized spacial score (nSPS) is 16.6. The zero-order valence-electron chi connectivity index (χ0n) is 9.96. The molecule has 84 valence electrons. The van der Waals surface area contributed by atoms with Crippen molar-refractivity contribution in [2.45, 2.75) is 39.2 Å². The summed E-state index contributed by atoms with van der Waals surface area (Å²) in [5, 5.41) is 12.5. The summed E-state index contributed by atoms with van der Waals surface area (Å²) in [7, 11) is 0. The highest BCUT2D eigenvalue weighted by Crippen LogP contribution is 2.34. The molecule has 0 aliphatic heterocycles. The zero-order chi connectivity index (χ0) is 11.5. The maximum atomic E-state index is 9.06. The largest absolute Gasteiger partial charge is 0.382 e. The van der Waals surface area contributed by atoms with Gasteiger partial charge in [0.1, 0.15) is 6.07 Å². The third-order valence-electron chi connectivity index (χ3n) is 3.08. The van der Waals surface area contributed by atoms with Crippen LogP contribution < -0.4 is 5.32 Å². The Kier molecular flexibility index (Phi) is 3.14. The maximum absolute atomic E-state index is 9.06. The molecule has 1 aromatic rings. The molecular formula is C14H18N2. The van der Waals surface area contributed by atoms with Crippen molar-refractivity contribution in [3.05, 3.63) is 29.3 Å². The van der Waals surface area contributed by atoms with E-state index in [-0.39, 0.29) is 0 Å². The van der Waals surface area contributed by atoms with Crippen LogP contribution in [0.5, 0.6) is 0 Å². The van der Waals surface area contributed by atoms with Crippen LogP contribution in [0.4, 0.5) is 5.69 Å². The molecule has 0 aromatic heterocycles. The van der Waals surface area contributed by atoms with Crippen molar-refractivity contribution in [1.82, 2.24) is 0 Å². The molecule has 1 N–H and O–H groups in total. The lowest BCUT2D eigenvalue weighted by molar-refractivity contribution is 0.642. The first-order chi connectivity index (χ1) is 7.69. The number of hydrogen-bond donors (Lipinski definition) is 1. The van der Waals surface area contributed by atoms with Gasteiger partial charge >= 0.3 is 0 Å². The van der Waals surface area contributed by atoms with Crippen LogP contribution in [0, 0.1) is 24.2 Å². The van der Waals surface area contributed by atoms with Crippen LogP contribution in [0.25, 0.3) is 0 Å². The Labute approximate surface area is 97.3 Å². The standard InChI is InChI=1S/C14H18N2/c1-10-3-6-14(13(7-10)9-15)16-11(2)8-12-4-5-12/h3,6-7,11-12,16H,4-5,8H2,1-2H3. The quantitative estimate of drug-likeness (QED) is 0.833. The van der Waals surface area contributed by atoms with E-state index in [1.807, 2.05) is 25.1 Å². The van der Waals surface area contributed by atoms with Gasteiger partial charge in [0.25, 0.3) is 0 Å². The Balaban J connectivity index is 2.04. The van der Waals surface area contributed by atoms with Gasteiger partial charge in [-0.2, -0.15) is 5.26 Å². The smallest absolute Gasteiger partial charge is 0.101 e. The van der Waals surface area contributed by atoms with Crippen molar-refractivity contribution in [2.75, 3.05) is 5.32 Å². The second-order valence-electron chi connectivity index (χ2n) is 4.89. The van der Waals surface area contributed by atoms with E-state index in [1.165, 1.54) is 19.3 Å². The summed E-state index contributed by atoms with van der Waals surface area (Å²) in [4.78, 5) is 0. The fourth-order valence-electron chi connectivity index (χ4n) is 2.05. The van der Waals surface area contributed by atoms with E-state index in [9.17, 15) is 0 Å². The van der Waals surface area contributed by atoms with E-state index >= 15 is 0 Å². The van der Waals surface area contributed by atoms with Crippen molar-refractivity contribution < 1.29 is 0 Å². The van der Waals surface area contributed by atoms with Gasteiger partial charge < -0.3 is 5.32 Å². The first kappa shape index (κ1) is 11.0. The Morgan fingerprint density at radius 2 is 2.25 bits per heavy atom. The molecule has 1 aliphatic carbocycles. The van der Waals surface area contributed by atoms with Crippen LogP contribution in [0.15, 0.2) is 18.2 Å². The van der Waals surface area contributed by atoms with Gasteiger partial charge in [-0.15, -0.1) is 0 Å². The van der Waals surface area contributed by atoms with Crippen molar-refractivity contribution in [1.29, 1.82) is 5.26 Å². The van der Waals surface area contributed by atoms with Crippen LogP contribution in [0.3, 0.4) is 0 Å². The number of nitriles is 1. The number of hydrogen-bond acceptors (Lipinski definition) is 2. The van der Waals surface area contributed by atoms with Gasteiger partial charge in [-0.3, -0.25) is 0 Å². The molecule has 2 nitrogen and oxygen atoms in total. The first-order valence-corrected chi connectivity index (χ1v) is 5.96. The van der Waals surface area contributed by atoms with E-state index in [0.717, 1.165) is 22.7 Å². The van der Waals surface area contributed by atoms with E-state index in [1.54, 1.807) is 0 Å². The summed E-state index contributed by atoms with van der Waals surface area (Å²) in [5.41, 5.74) is 2.86. The van der Waals surface area contributed by atoms with Crippen molar-refractivity contribution >= 4 is 5.69 Å². The molecule has 16 heavy (non-hydrogen) atoms. The minimum absolute atomic E-state index is 0.460. The number of anilines is 1. The second-order valence-corrected chi connectivity index (χ2v) is 4.89. The van der Waals surface area contributed by atoms with Gasteiger partial charge in [0, 0.05) is 6.04 Å². The highest BCUT2D eigenvalue weighted by molar-refractivity contribution is 5.58. The van der Waals surface area contributed by atoms with Gasteiger partial charge in [-0.05, 0) is 43.9 Å². The molecule has 2 rings (SSSR count). The first-order valence-electron chi connectivity index (χ1n) is 5.96. The maximum Gasteiger partial charge on any atom is 0.101 e. The summed E-state index contributed by atoms with van der Waals surface area (Å²) in [5.74, 6) is 0.915. The summed E-state index contributed by atoms with van der Waals surface area (Å²) < 4.78 is 0. The topological polar surface area (TPSA) is 35.8 Å². The van der Waals surface area contributed by atoms with Gasteiger partial charge in [0.15, 0.2) is 0 Å². The van der Waals surface area contributed by atoms with E-state index < -0.39 is 0 Å². The molecule has 1 saturated carbocycles. The molecule has 0 spiro atoms. The number of rotatable bonds is 4. The number of nitrogens with zero attached hydrogens (tertiary/aromatic N) is 1. The number of benzene rings is 1. The van der Waals surface area contributed by atoms with Crippen LogP contribution in [0.1, 0.15) is 37.3 Å². The van der Waals surface area contributed by atoms with Crippen molar-refractivity contribution in [2.24, 2.45) is 5.92 Å². The number of aryl methyl sites for hydroxylation is 1. The van der Waals surface area contributed by atoms with E-state index in [2.05, 4.69) is 18.3 Å².